The maximum atomic E-state index is 13.4. The molecule has 3 aromatic carbocycles. The van der Waals surface area contributed by atoms with E-state index in [1.807, 2.05) is 11.8 Å². The number of fused-ring (bicyclic) bond motifs is 4. The van der Waals surface area contributed by atoms with Gasteiger partial charge in [-0.15, -0.1) is 0 Å². The summed E-state index contributed by atoms with van der Waals surface area (Å²) in [6, 6.07) is 15.7. The molecular formula is C46H58N4O3. The van der Waals surface area contributed by atoms with Crippen LogP contribution in [0.5, 0.6) is 5.75 Å². The molecule has 7 rings (SSSR count). The third-order valence-electron chi connectivity index (χ3n) is 12.3. The molecule has 4 atom stereocenters. The molecule has 3 aromatic rings. The predicted molar refractivity (Wildman–Crippen MR) is 217 cm³/mol. The van der Waals surface area contributed by atoms with E-state index in [2.05, 4.69) is 118 Å². The number of benzene rings is 3. The number of carbonyl (C=O) groups is 2. The molecular weight excluding hydrogens is 657 g/mol. The highest BCUT2D eigenvalue weighted by Crippen LogP contribution is 2.44. The first kappa shape index (κ1) is 36.8. The van der Waals surface area contributed by atoms with Gasteiger partial charge in [-0.3, -0.25) is 9.59 Å². The second kappa shape index (κ2) is 15.1. The highest BCUT2D eigenvalue weighted by Gasteiger charge is 2.38. The molecule has 4 aliphatic rings. The smallest absolute Gasteiger partial charge is 0.226 e. The molecule has 2 fully saturated rings. The van der Waals surface area contributed by atoms with Crippen LogP contribution in [0.1, 0.15) is 96.3 Å². The largest absolute Gasteiger partial charge is 0.488 e. The van der Waals surface area contributed by atoms with Gasteiger partial charge in [0.05, 0.1) is 12.1 Å². The average Bonchev–Trinajstić information content (AvgIpc) is 3.75. The number of allylic oxidation sites excluding steroid dienone is 2. The van der Waals surface area contributed by atoms with Crippen LogP contribution in [0.15, 0.2) is 72.6 Å². The Bertz CT molecular complexity index is 1990. The topological polar surface area (TPSA) is 65.1 Å². The lowest BCUT2D eigenvalue weighted by Gasteiger charge is -2.34. The third kappa shape index (κ3) is 7.00. The van der Waals surface area contributed by atoms with Crippen molar-refractivity contribution in [3.05, 3.63) is 89.3 Å². The highest BCUT2D eigenvalue weighted by atomic mass is 16.5. The lowest BCUT2D eigenvalue weighted by molar-refractivity contribution is -0.136. The number of rotatable bonds is 9. The van der Waals surface area contributed by atoms with Gasteiger partial charge in [0.25, 0.3) is 0 Å². The summed E-state index contributed by atoms with van der Waals surface area (Å²) in [5, 5.41) is 5.91. The molecule has 1 N–H and O–H groups in total. The number of likely N-dealkylation sites (tertiary alicyclic amines) is 2. The number of ether oxygens (including phenoxy) is 1. The molecule has 2 amide bonds. The third-order valence-corrected chi connectivity index (χ3v) is 12.3. The fraction of sp³-hybridized carbons (Fsp3) is 0.478. The molecule has 0 aromatic heterocycles. The summed E-state index contributed by atoms with van der Waals surface area (Å²) in [4.78, 5) is 33.1. The minimum absolute atomic E-state index is 0.0153. The highest BCUT2D eigenvalue weighted by molar-refractivity contribution is 6.01. The van der Waals surface area contributed by atoms with E-state index >= 15 is 0 Å². The molecule has 2 saturated heterocycles. The lowest BCUT2D eigenvalue weighted by Crippen LogP contribution is -2.42. The minimum atomic E-state index is -0.0216. The number of hydrogen-bond acceptors (Lipinski definition) is 5. The number of nitrogens with zero attached hydrogens (tertiary/aromatic N) is 3. The molecule has 53 heavy (non-hydrogen) atoms. The second-order valence-corrected chi connectivity index (χ2v) is 16.4. The summed E-state index contributed by atoms with van der Waals surface area (Å²) in [5.41, 5.74) is 10.1. The van der Waals surface area contributed by atoms with Gasteiger partial charge in [0.2, 0.25) is 11.8 Å². The summed E-state index contributed by atoms with van der Waals surface area (Å²) >= 11 is 0. The van der Waals surface area contributed by atoms with Crippen molar-refractivity contribution in [2.75, 3.05) is 25.5 Å². The van der Waals surface area contributed by atoms with E-state index in [0.717, 1.165) is 90.6 Å². The fourth-order valence-electron chi connectivity index (χ4n) is 8.93. The lowest BCUT2D eigenvalue weighted by atomic mass is 9.91. The van der Waals surface area contributed by atoms with Crippen LogP contribution in [0.4, 0.5) is 5.69 Å². The van der Waals surface area contributed by atoms with E-state index in [9.17, 15) is 9.59 Å². The van der Waals surface area contributed by atoms with Crippen molar-refractivity contribution in [1.82, 2.24) is 14.7 Å². The Kier molecular flexibility index (Phi) is 10.5. The van der Waals surface area contributed by atoms with E-state index in [1.165, 1.54) is 28.1 Å². The molecule has 0 unspecified atom stereocenters. The number of aryl methyl sites for hydroxylation is 1. The van der Waals surface area contributed by atoms with E-state index in [-0.39, 0.29) is 29.8 Å². The van der Waals surface area contributed by atoms with Crippen LogP contribution in [0, 0.1) is 24.7 Å². The molecule has 7 heteroatoms. The summed E-state index contributed by atoms with van der Waals surface area (Å²) in [5.74, 6) is 2.15. The Hall–Kier alpha value is -4.52. The van der Waals surface area contributed by atoms with Crippen LogP contribution >= 0.6 is 0 Å². The number of likely N-dealkylation sites (N-methyl/N-ethyl adjacent to an activating group) is 1. The van der Waals surface area contributed by atoms with Crippen molar-refractivity contribution in [2.24, 2.45) is 17.8 Å². The Morgan fingerprint density at radius 3 is 2.58 bits per heavy atom. The van der Waals surface area contributed by atoms with Crippen molar-refractivity contribution in [2.45, 2.75) is 105 Å². The molecule has 0 radical (unpaired) electrons. The van der Waals surface area contributed by atoms with Crippen molar-refractivity contribution >= 4 is 34.0 Å². The van der Waals surface area contributed by atoms with Gasteiger partial charge in [0, 0.05) is 66.2 Å². The Balaban J connectivity index is 1.15. The van der Waals surface area contributed by atoms with Crippen LogP contribution < -0.4 is 10.1 Å². The van der Waals surface area contributed by atoms with Crippen molar-refractivity contribution < 1.29 is 14.3 Å². The van der Waals surface area contributed by atoms with Crippen molar-refractivity contribution in [1.29, 1.82) is 0 Å². The number of carbonyl (C=O) groups excluding carboxylic acids is 2. The first-order chi connectivity index (χ1) is 25.5. The number of hydrogen-bond donors (Lipinski definition) is 1. The molecule has 0 bridgehead atoms. The SMILES string of the molecule is C=C(Nc1c(C)ccc2cc3c(cc12)OCc1cc(C2=CCCC=C([C@@H]4C[C@H](C)CN4C(=O)CCC)N2C)ccc1-3)[C@@H]1CCCN1C(=O)[C@@H](C)C(C)C. The minimum Gasteiger partial charge on any atom is -0.488 e. The standard InChI is InChI=1S/C46H58N4O3/c1-9-13-44(51)50-26-29(4)22-42(50)41-15-11-10-14-40(48(41)8)34-19-20-36-35(23-34)27-53-43-25-37-33(24-38(36)43)18-17-30(5)45(37)47-32(7)39-16-12-21-49(39)46(52)31(6)28(2)3/h14-15,17-20,23-25,28-29,31,39,42,47H,7,9-13,16,21-22,26-27H2,1-6,8H3/t29-,31-,39-,42-/m0/s1. The molecule has 0 aliphatic carbocycles. The van der Waals surface area contributed by atoms with E-state index in [1.54, 1.807) is 0 Å². The Morgan fingerprint density at radius 1 is 1.02 bits per heavy atom. The summed E-state index contributed by atoms with van der Waals surface area (Å²) in [6.45, 7) is 19.3. The quantitative estimate of drug-likeness (QED) is 0.239. The Morgan fingerprint density at radius 2 is 1.81 bits per heavy atom. The van der Waals surface area contributed by atoms with Gasteiger partial charge in [0.1, 0.15) is 12.4 Å². The van der Waals surface area contributed by atoms with Gasteiger partial charge < -0.3 is 24.8 Å². The first-order valence-electron chi connectivity index (χ1n) is 20.0. The van der Waals surface area contributed by atoms with E-state index in [0.29, 0.717) is 24.9 Å². The van der Waals surface area contributed by atoms with Crippen molar-refractivity contribution in [3.8, 4) is 16.9 Å². The summed E-state index contributed by atoms with van der Waals surface area (Å²) in [6.07, 6.45) is 11.0. The van der Waals surface area contributed by atoms with Crippen LogP contribution in [-0.2, 0) is 16.2 Å². The number of nitrogens with one attached hydrogen (secondary N) is 1. The molecule has 0 saturated carbocycles. The fourth-order valence-corrected chi connectivity index (χ4v) is 8.93. The number of anilines is 1. The zero-order valence-corrected chi connectivity index (χ0v) is 32.9. The van der Waals surface area contributed by atoms with Gasteiger partial charge in [-0.1, -0.05) is 77.6 Å². The molecule has 0 spiro atoms. The van der Waals surface area contributed by atoms with Crippen LogP contribution in [0.25, 0.3) is 27.6 Å². The monoisotopic (exact) mass is 714 g/mol. The van der Waals surface area contributed by atoms with Gasteiger partial charge in [0.15, 0.2) is 0 Å². The molecule has 280 valence electrons. The van der Waals surface area contributed by atoms with Crippen LogP contribution in [0.3, 0.4) is 0 Å². The zero-order valence-electron chi connectivity index (χ0n) is 32.9. The molecule has 7 nitrogen and oxygen atoms in total. The van der Waals surface area contributed by atoms with Gasteiger partial charge >= 0.3 is 0 Å². The second-order valence-electron chi connectivity index (χ2n) is 16.4. The first-order valence-corrected chi connectivity index (χ1v) is 20.0. The van der Waals surface area contributed by atoms with Gasteiger partial charge in [-0.2, -0.15) is 0 Å². The Labute approximate surface area is 316 Å². The maximum Gasteiger partial charge on any atom is 0.226 e. The average molecular weight is 715 g/mol. The number of amides is 2. The maximum absolute atomic E-state index is 13.4. The van der Waals surface area contributed by atoms with E-state index < -0.39 is 0 Å². The van der Waals surface area contributed by atoms with Crippen molar-refractivity contribution in [3.63, 3.8) is 0 Å². The van der Waals surface area contributed by atoms with Crippen LogP contribution in [0.2, 0.25) is 0 Å². The molecule has 4 aliphatic heterocycles. The van der Waals surface area contributed by atoms with Gasteiger partial charge in [-0.25, -0.2) is 0 Å². The zero-order chi connectivity index (χ0) is 37.6. The van der Waals surface area contributed by atoms with Gasteiger partial charge in [-0.05, 0) is 103 Å². The summed E-state index contributed by atoms with van der Waals surface area (Å²) in [7, 11) is 2.17. The van der Waals surface area contributed by atoms with E-state index in [4.69, 9.17) is 4.74 Å². The van der Waals surface area contributed by atoms with Crippen LogP contribution in [-0.4, -0.2) is 58.7 Å². The normalized spacial score (nSPS) is 21.8. The molecule has 4 heterocycles. The predicted octanol–water partition coefficient (Wildman–Crippen LogP) is 9.90. The summed E-state index contributed by atoms with van der Waals surface area (Å²) < 4.78 is 6.53.